The second-order valence-electron chi connectivity index (χ2n) is 4.96. The summed E-state index contributed by atoms with van der Waals surface area (Å²) in [6, 6.07) is 6.82. The summed E-state index contributed by atoms with van der Waals surface area (Å²) in [5, 5.41) is 9.45. The maximum Gasteiger partial charge on any atom is 0.261 e. The summed E-state index contributed by atoms with van der Waals surface area (Å²) < 4.78 is 0. The quantitative estimate of drug-likeness (QED) is 0.687. The number of likely N-dealkylation sites (N-methyl/N-ethyl adjacent to an activating group) is 1. The first kappa shape index (κ1) is 14.6. The normalized spacial score (nSPS) is 15.9. The zero-order valence-corrected chi connectivity index (χ0v) is 11.5. The summed E-state index contributed by atoms with van der Waals surface area (Å²) in [5.74, 6) is -0.503. The predicted molar refractivity (Wildman–Crippen MR) is 74.4 cm³/mol. The van der Waals surface area contributed by atoms with Crippen LogP contribution in [0.15, 0.2) is 24.3 Å². The minimum absolute atomic E-state index is 0.192. The van der Waals surface area contributed by atoms with Crippen molar-refractivity contribution in [1.82, 2.24) is 9.80 Å². The number of fused-ring (bicyclic) bond motifs is 1. The molecule has 0 bridgehead atoms. The molecule has 0 spiro atoms. The Hall–Kier alpha value is -1.76. The topological polar surface area (TPSA) is 86.9 Å². The van der Waals surface area contributed by atoms with Crippen molar-refractivity contribution in [3.05, 3.63) is 35.4 Å². The molecule has 0 saturated carbocycles. The van der Waals surface area contributed by atoms with Gasteiger partial charge >= 0.3 is 0 Å². The number of aliphatic hydroxyl groups is 1. The van der Waals surface area contributed by atoms with E-state index in [1.807, 2.05) is 11.9 Å². The summed E-state index contributed by atoms with van der Waals surface area (Å²) in [5.41, 5.74) is 6.27. The minimum Gasteiger partial charge on any atom is -0.390 e. The number of nitrogens with zero attached hydrogens (tertiary/aromatic N) is 2. The number of hydrogen-bond acceptors (Lipinski definition) is 5. The Labute approximate surface area is 117 Å². The molecule has 20 heavy (non-hydrogen) atoms. The van der Waals surface area contributed by atoms with Crippen LogP contribution in [0, 0.1) is 0 Å². The molecule has 1 heterocycles. The smallest absolute Gasteiger partial charge is 0.261 e. The average molecular weight is 277 g/mol. The van der Waals surface area contributed by atoms with Gasteiger partial charge in [-0.2, -0.15) is 0 Å². The van der Waals surface area contributed by atoms with Crippen LogP contribution in [0.2, 0.25) is 0 Å². The van der Waals surface area contributed by atoms with Crippen LogP contribution in [0.4, 0.5) is 0 Å². The standard InChI is InChI=1S/C14H19N3O3/c1-16(9-10(18)8-15)6-7-17-13(19)11-4-2-3-5-12(11)14(17)20/h2-5,10,18H,6-9,15H2,1H3. The fourth-order valence-corrected chi connectivity index (χ4v) is 2.24. The molecule has 1 aliphatic heterocycles. The van der Waals surface area contributed by atoms with Crippen molar-refractivity contribution in [2.24, 2.45) is 5.73 Å². The van der Waals surface area contributed by atoms with E-state index in [9.17, 15) is 14.7 Å². The van der Waals surface area contributed by atoms with Gasteiger partial charge < -0.3 is 15.7 Å². The van der Waals surface area contributed by atoms with E-state index in [0.29, 0.717) is 30.8 Å². The number of hydrogen-bond donors (Lipinski definition) is 2. The first-order chi connectivity index (χ1) is 9.54. The Kier molecular flexibility index (Phi) is 4.49. The molecular formula is C14H19N3O3. The van der Waals surface area contributed by atoms with Gasteiger partial charge in [-0.1, -0.05) is 12.1 Å². The molecule has 1 aliphatic rings. The van der Waals surface area contributed by atoms with Gasteiger partial charge in [0.05, 0.1) is 17.2 Å². The molecule has 1 aromatic rings. The Morgan fingerprint density at radius 2 is 1.80 bits per heavy atom. The summed E-state index contributed by atoms with van der Waals surface area (Å²) in [6.45, 7) is 1.42. The molecule has 1 atom stereocenters. The lowest BCUT2D eigenvalue weighted by atomic mass is 10.1. The van der Waals surface area contributed by atoms with Crippen LogP contribution in [-0.2, 0) is 0 Å². The molecular weight excluding hydrogens is 258 g/mol. The van der Waals surface area contributed by atoms with Crippen molar-refractivity contribution in [3.8, 4) is 0 Å². The zero-order chi connectivity index (χ0) is 14.7. The number of carbonyl (C=O) groups excluding carboxylic acids is 2. The molecule has 1 unspecified atom stereocenters. The third-order valence-electron chi connectivity index (χ3n) is 3.38. The van der Waals surface area contributed by atoms with Crippen LogP contribution in [-0.4, -0.2) is 66.1 Å². The molecule has 0 saturated heterocycles. The van der Waals surface area contributed by atoms with Gasteiger partial charge in [0, 0.05) is 26.2 Å². The van der Waals surface area contributed by atoms with Crippen LogP contribution >= 0.6 is 0 Å². The van der Waals surface area contributed by atoms with Crippen molar-refractivity contribution in [2.45, 2.75) is 6.10 Å². The van der Waals surface area contributed by atoms with E-state index in [-0.39, 0.29) is 18.4 Å². The van der Waals surface area contributed by atoms with Gasteiger partial charge in [-0.3, -0.25) is 14.5 Å². The SMILES string of the molecule is CN(CCN1C(=O)c2ccccc2C1=O)CC(O)CN. The molecule has 6 nitrogen and oxygen atoms in total. The molecule has 2 amide bonds. The number of benzene rings is 1. The van der Waals surface area contributed by atoms with E-state index in [4.69, 9.17) is 5.73 Å². The lowest BCUT2D eigenvalue weighted by Gasteiger charge is -2.22. The maximum atomic E-state index is 12.1. The van der Waals surface area contributed by atoms with Gasteiger partial charge in [0.15, 0.2) is 0 Å². The minimum atomic E-state index is -0.595. The van der Waals surface area contributed by atoms with Crippen molar-refractivity contribution in [1.29, 1.82) is 0 Å². The zero-order valence-electron chi connectivity index (χ0n) is 11.5. The lowest BCUT2D eigenvalue weighted by Crippen LogP contribution is -2.40. The fourth-order valence-electron chi connectivity index (χ4n) is 2.24. The van der Waals surface area contributed by atoms with E-state index < -0.39 is 6.10 Å². The molecule has 0 fully saturated rings. The van der Waals surface area contributed by atoms with Gasteiger partial charge in [-0.15, -0.1) is 0 Å². The van der Waals surface area contributed by atoms with E-state index in [0.717, 1.165) is 0 Å². The number of nitrogens with two attached hydrogens (primary N) is 1. The maximum absolute atomic E-state index is 12.1. The van der Waals surface area contributed by atoms with Gasteiger partial charge in [-0.05, 0) is 19.2 Å². The lowest BCUT2D eigenvalue weighted by molar-refractivity contribution is 0.0630. The summed E-state index contributed by atoms with van der Waals surface area (Å²) in [6.07, 6.45) is -0.595. The first-order valence-corrected chi connectivity index (χ1v) is 6.56. The van der Waals surface area contributed by atoms with Crippen molar-refractivity contribution in [3.63, 3.8) is 0 Å². The largest absolute Gasteiger partial charge is 0.390 e. The van der Waals surface area contributed by atoms with Gasteiger partial charge in [-0.25, -0.2) is 0 Å². The van der Waals surface area contributed by atoms with Gasteiger partial charge in [0.25, 0.3) is 11.8 Å². The highest BCUT2D eigenvalue weighted by atomic mass is 16.3. The second kappa shape index (κ2) is 6.13. The molecule has 2 rings (SSSR count). The molecule has 3 N–H and O–H groups in total. The highest BCUT2D eigenvalue weighted by molar-refractivity contribution is 6.21. The molecule has 108 valence electrons. The van der Waals surface area contributed by atoms with Crippen LogP contribution in [0.3, 0.4) is 0 Å². The number of carbonyl (C=O) groups is 2. The molecule has 1 aromatic carbocycles. The Bertz CT molecular complexity index is 483. The third kappa shape index (κ3) is 2.87. The van der Waals surface area contributed by atoms with Crippen LogP contribution in [0.1, 0.15) is 20.7 Å². The van der Waals surface area contributed by atoms with E-state index in [1.54, 1.807) is 24.3 Å². The van der Waals surface area contributed by atoms with Crippen molar-refractivity contribution in [2.75, 3.05) is 33.2 Å². The van der Waals surface area contributed by atoms with Crippen LogP contribution < -0.4 is 5.73 Å². The predicted octanol–water partition coefficient (Wildman–Crippen LogP) is -0.466. The van der Waals surface area contributed by atoms with Gasteiger partial charge in [0.1, 0.15) is 0 Å². The van der Waals surface area contributed by atoms with E-state index >= 15 is 0 Å². The fraction of sp³-hybridized carbons (Fsp3) is 0.429. The van der Waals surface area contributed by atoms with Crippen molar-refractivity contribution >= 4 is 11.8 Å². The summed E-state index contributed by atoms with van der Waals surface area (Å²) in [7, 11) is 1.82. The molecule has 0 radical (unpaired) electrons. The summed E-state index contributed by atoms with van der Waals surface area (Å²) >= 11 is 0. The molecule has 0 aliphatic carbocycles. The van der Waals surface area contributed by atoms with E-state index in [2.05, 4.69) is 0 Å². The number of aliphatic hydroxyl groups excluding tert-OH is 1. The third-order valence-corrected chi connectivity index (χ3v) is 3.38. The Balaban J connectivity index is 1.96. The number of amides is 2. The first-order valence-electron chi connectivity index (χ1n) is 6.56. The second-order valence-corrected chi connectivity index (χ2v) is 4.96. The Morgan fingerprint density at radius 1 is 1.25 bits per heavy atom. The highest BCUT2D eigenvalue weighted by Crippen LogP contribution is 2.21. The monoisotopic (exact) mass is 277 g/mol. The molecule has 6 heteroatoms. The number of rotatable bonds is 6. The summed E-state index contributed by atoms with van der Waals surface area (Å²) in [4.78, 5) is 27.3. The molecule has 0 aromatic heterocycles. The van der Waals surface area contributed by atoms with Gasteiger partial charge in [0.2, 0.25) is 0 Å². The van der Waals surface area contributed by atoms with Crippen LogP contribution in [0.25, 0.3) is 0 Å². The highest BCUT2D eigenvalue weighted by Gasteiger charge is 2.34. The average Bonchev–Trinajstić information content (AvgIpc) is 2.69. The number of imide groups is 1. The van der Waals surface area contributed by atoms with Crippen LogP contribution in [0.5, 0.6) is 0 Å². The van der Waals surface area contributed by atoms with Crippen molar-refractivity contribution < 1.29 is 14.7 Å². The Morgan fingerprint density at radius 3 is 2.30 bits per heavy atom. The van der Waals surface area contributed by atoms with E-state index in [1.165, 1.54) is 4.90 Å².